The van der Waals surface area contributed by atoms with Gasteiger partial charge >= 0.3 is 0 Å². The van der Waals surface area contributed by atoms with E-state index in [0.717, 1.165) is 27.8 Å². The standard InChI is InChI=1S/C16H23BrN2OS/c17-16-5-4-15(21-16)14(20)12-18-10-6-13(7-11-18)19-8-2-1-3-9-19/h4-5,13H,1-3,6-12H2. The van der Waals surface area contributed by atoms with Crippen LogP contribution in [0.2, 0.25) is 0 Å². The van der Waals surface area contributed by atoms with Crippen molar-refractivity contribution in [2.75, 3.05) is 32.7 Å². The Morgan fingerprint density at radius 1 is 1.14 bits per heavy atom. The van der Waals surface area contributed by atoms with Crippen molar-refractivity contribution in [2.45, 2.75) is 38.1 Å². The third-order valence-electron chi connectivity index (χ3n) is 4.68. The second kappa shape index (κ2) is 7.36. The Morgan fingerprint density at radius 2 is 1.86 bits per heavy atom. The van der Waals surface area contributed by atoms with Gasteiger partial charge in [-0.15, -0.1) is 11.3 Å². The maximum atomic E-state index is 12.2. The molecule has 5 heteroatoms. The van der Waals surface area contributed by atoms with Crippen molar-refractivity contribution < 1.29 is 4.79 Å². The largest absolute Gasteiger partial charge is 0.300 e. The maximum Gasteiger partial charge on any atom is 0.186 e. The van der Waals surface area contributed by atoms with Gasteiger partial charge in [0.15, 0.2) is 5.78 Å². The van der Waals surface area contributed by atoms with Crippen molar-refractivity contribution in [2.24, 2.45) is 0 Å². The number of nitrogens with zero attached hydrogens (tertiary/aromatic N) is 2. The Hall–Kier alpha value is -0.230. The maximum absolute atomic E-state index is 12.2. The third kappa shape index (κ3) is 4.15. The van der Waals surface area contributed by atoms with Crippen LogP contribution in [0.25, 0.3) is 0 Å². The molecule has 0 spiro atoms. The van der Waals surface area contributed by atoms with Gasteiger partial charge in [-0.3, -0.25) is 9.69 Å². The second-order valence-corrected chi connectivity index (χ2v) is 8.59. The lowest BCUT2D eigenvalue weighted by Crippen LogP contribution is -2.47. The van der Waals surface area contributed by atoms with Crippen LogP contribution >= 0.6 is 27.3 Å². The summed E-state index contributed by atoms with van der Waals surface area (Å²) in [5, 5.41) is 0. The number of thiophene rings is 1. The summed E-state index contributed by atoms with van der Waals surface area (Å²) in [6, 6.07) is 4.64. The fraction of sp³-hybridized carbons (Fsp3) is 0.688. The minimum atomic E-state index is 0.266. The summed E-state index contributed by atoms with van der Waals surface area (Å²) in [5.74, 6) is 0.266. The highest BCUT2D eigenvalue weighted by Crippen LogP contribution is 2.24. The summed E-state index contributed by atoms with van der Waals surface area (Å²) in [7, 11) is 0. The molecule has 0 bridgehead atoms. The van der Waals surface area contributed by atoms with Crippen molar-refractivity contribution in [3.63, 3.8) is 0 Å². The number of rotatable bonds is 4. The van der Waals surface area contributed by atoms with Crippen molar-refractivity contribution in [1.29, 1.82) is 0 Å². The average Bonchev–Trinajstić information content (AvgIpc) is 2.96. The molecule has 0 atom stereocenters. The van der Waals surface area contributed by atoms with Gasteiger partial charge in [0.25, 0.3) is 0 Å². The number of piperidine rings is 2. The zero-order chi connectivity index (χ0) is 14.7. The first-order valence-electron chi connectivity index (χ1n) is 7.97. The Balaban J connectivity index is 1.46. The van der Waals surface area contributed by atoms with Gasteiger partial charge in [0.05, 0.1) is 15.2 Å². The molecule has 1 aromatic rings. The molecular weight excluding hydrogens is 348 g/mol. The molecule has 0 radical (unpaired) electrons. The first-order chi connectivity index (χ1) is 10.2. The van der Waals surface area contributed by atoms with E-state index in [1.54, 1.807) is 0 Å². The van der Waals surface area contributed by atoms with Crippen LogP contribution in [0.3, 0.4) is 0 Å². The molecule has 0 saturated carbocycles. The van der Waals surface area contributed by atoms with Gasteiger partial charge in [-0.1, -0.05) is 6.42 Å². The van der Waals surface area contributed by atoms with Gasteiger partial charge in [0.1, 0.15) is 0 Å². The lowest BCUT2D eigenvalue weighted by molar-refractivity contribution is 0.0777. The quantitative estimate of drug-likeness (QED) is 0.755. The SMILES string of the molecule is O=C(CN1CCC(N2CCCCC2)CC1)c1ccc(Br)s1. The molecule has 2 fully saturated rings. The van der Waals surface area contributed by atoms with Crippen molar-refractivity contribution in [1.82, 2.24) is 9.80 Å². The second-order valence-electron chi connectivity index (χ2n) is 6.13. The number of hydrogen-bond acceptors (Lipinski definition) is 4. The smallest absolute Gasteiger partial charge is 0.186 e. The number of carbonyl (C=O) groups excluding carboxylic acids is 1. The minimum Gasteiger partial charge on any atom is -0.300 e. The summed E-state index contributed by atoms with van der Waals surface area (Å²) >= 11 is 4.96. The van der Waals surface area contributed by atoms with Crippen molar-refractivity contribution >= 4 is 33.0 Å². The van der Waals surface area contributed by atoms with Crippen LogP contribution in [0.1, 0.15) is 41.8 Å². The van der Waals surface area contributed by atoms with E-state index in [1.807, 2.05) is 12.1 Å². The number of likely N-dealkylation sites (tertiary alicyclic amines) is 2. The fourth-order valence-electron chi connectivity index (χ4n) is 3.47. The van der Waals surface area contributed by atoms with E-state index < -0.39 is 0 Å². The Labute approximate surface area is 139 Å². The molecule has 21 heavy (non-hydrogen) atoms. The molecule has 3 heterocycles. The van der Waals surface area contributed by atoms with Crippen LogP contribution in [-0.4, -0.2) is 54.3 Å². The fourth-order valence-corrected chi connectivity index (χ4v) is 4.79. The van der Waals surface area contributed by atoms with E-state index >= 15 is 0 Å². The Bertz CT molecular complexity index is 476. The van der Waals surface area contributed by atoms with Gasteiger partial charge in [-0.25, -0.2) is 0 Å². The topological polar surface area (TPSA) is 23.6 Å². The molecule has 116 valence electrons. The Kier molecular flexibility index (Phi) is 5.49. The number of halogens is 1. The van der Waals surface area contributed by atoms with Gasteiger partial charge in [0.2, 0.25) is 0 Å². The molecule has 0 amide bonds. The summed E-state index contributed by atoms with van der Waals surface area (Å²) in [4.78, 5) is 18.1. The monoisotopic (exact) mass is 370 g/mol. The number of ketones is 1. The molecule has 0 aromatic carbocycles. The normalized spacial score (nSPS) is 22.5. The highest BCUT2D eigenvalue weighted by Gasteiger charge is 2.26. The Morgan fingerprint density at radius 3 is 2.48 bits per heavy atom. The molecule has 2 saturated heterocycles. The van der Waals surface area contributed by atoms with Crippen LogP contribution in [0, 0.1) is 0 Å². The van der Waals surface area contributed by atoms with Crippen molar-refractivity contribution in [3.8, 4) is 0 Å². The molecule has 2 aliphatic rings. The highest BCUT2D eigenvalue weighted by atomic mass is 79.9. The van der Waals surface area contributed by atoms with Crippen LogP contribution < -0.4 is 0 Å². The van der Waals surface area contributed by atoms with E-state index in [9.17, 15) is 4.79 Å². The minimum absolute atomic E-state index is 0.266. The highest BCUT2D eigenvalue weighted by molar-refractivity contribution is 9.11. The predicted octanol–water partition coefficient (Wildman–Crippen LogP) is 3.64. The predicted molar refractivity (Wildman–Crippen MR) is 91.2 cm³/mol. The lowest BCUT2D eigenvalue weighted by atomic mass is 10.00. The first-order valence-corrected chi connectivity index (χ1v) is 9.58. The van der Waals surface area contributed by atoms with E-state index in [1.165, 1.54) is 56.5 Å². The molecular formula is C16H23BrN2OS. The number of carbonyl (C=O) groups is 1. The molecule has 0 N–H and O–H groups in total. The molecule has 0 unspecified atom stereocenters. The summed E-state index contributed by atoms with van der Waals surface area (Å²) < 4.78 is 1.04. The van der Waals surface area contributed by atoms with Crippen LogP contribution in [0.5, 0.6) is 0 Å². The van der Waals surface area contributed by atoms with Crippen LogP contribution in [0.15, 0.2) is 15.9 Å². The third-order valence-corrected chi connectivity index (χ3v) is 6.34. The van der Waals surface area contributed by atoms with Crippen LogP contribution in [0.4, 0.5) is 0 Å². The van der Waals surface area contributed by atoms with Gasteiger partial charge < -0.3 is 4.90 Å². The number of hydrogen-bond donors (Lipinski definition) is 0. The molecule has 2 aliphatic heterocycles. The zero-order valence-electron chi connectivity index (χ0n) is 12.4. The van der Waals surface area contributed by atoms with Gasteiger partial charge in [-0.05, 0) is 66.8 Å². The van der Waals surface area contributed by atoms with E-state index in [0.29, 0.717) is 6.54 Å². The summed E-state index contributed by atoms with van der Waals surface area (Å²) in [5.41, 5.74) is 0. The lowest BCUT2D eigenvalue weighted by Gasteiger charge is -2.40. The summed E-state index contributed by atoms with van der Waals surface area (Å²) in [6.07, 6.45) is 6.58. The zero-order valence-corrected chi connectivity index (χ0v) is 14.8. The molecule has 1 aromatic heterocycles. The molecule has 0 aliphatic carbocycles. The average molecular weight is 371 g/mol. The first kappa shape index (κ1) is 15.7. The molecule has 3 nitrogen and oxygen atoms in total. The van der Waals surface area contributed by atoms with Crippen LogP contribution in [-0.2, 0) is 0 Å². The van der Waals surface area contributed by atoms with Gasteiger partial charge in [0, 0.05) is 19.1 Å². The van der Waals surface area contributed by atoms with E-state index in [-0.39, 0.29) is 5.78 Å². The number of Topliss-reactive ketones (excluding diaryl/α,β-unsaturated/α-hetero) is 1. The summed E-state index contributed by atoms with van der Waals surface area (Å²) in [6.45, 7) is 5.29. The van der Waals surface area contributed by atoms with Crippen molar-refractivity contribution in [3.05, 3.63) is 20.8 Å². The van der Waals surface area contributed by atoms with Gasteiger partial charge in [-0.2, -0.15) is 0 Å². The molecule has 3 rings (SSSR count). The van der Waals surface area contributed by atoms with E-state index in [4.69, 9.17) is 0 Å². The van der Waals surface area contributed by atoms with E-state index in [2.05, 4.69) is 25.7 Å².